The van der Waals surface area contributed by atoms with Crippen molar-refractivity contribution in [3.63, 3.8) is 0 Å². The van der Waals surface area contributed by atoms with Crippen LogP contribution in [-0.2, 0) is 0 Å². The molecule has 1 rings (SSSR count). The summed E-state index contributed by atoms with van der Waals surface area (Å²) in [6.07, 6.45) is 2.03. The summed E-state index contributed by atoms with van der Waals surface area (Å²) >= 11 is 1.72. The van der Waals surface area contributed by atoms with Gasteiger partial charge in [-0.2, -0.15) is 11.8 Å². The van der Waals surface area contributed by atoms with Gasteiger partial charge in [-0.3, -0.25) is 0 Å². The van der Waals surface area contributed by atoms with Crippen LogP contribution in [0.15, 0.2) is 24.3 Å². The Labute approximate surface area is 119 Å². The van der Waals surface area contributed by atoms with Crippen LogP contribution >= 0.6 is 11.8 Å². The molecular weight excluding hydrogens is 258 g/mol. The highest BCUT2D eigenvalue weighted by molar-refractivity contribution is 7.98. The molecule has 0 saturated carbocycles. The van der Waals surface area contributed by atoms with E-state index in [1.165, 1.54) is 5.56 Å². The van der Waals surface area contributed by atoms with Crippen LogP contribution in [0, 0.1) is 0 Å². The van der Waals surface area contributed by atoms with Gasteiger partial charge in [-0.25, -0.2) is 4.79 Å². The zero-order valence-corrected chi connectivity index (χ0v) is 12.8. The second-order valence-electron chi connectivity index (χ2n) is 4.59. The zero-order valence-electron chi connectivity index (χ0n) is 12.0. The van der Waals surface area contributed by atoms with E-state index < -0.39 is 0 Å². The molecule has 1 aromatic carbocycles. The fourth-order valence-corrected chi connectivity index (χ4v) is 2.29. The van der Waals surface area contributed by atoms with E-state index in [0.29, 0.717) is 6.04 Å². The summed E-state index contributed by atoms with van der Waals surface area (Å²) < 4.78 is 0. The van der Waals surface area contributed by atoms with Crippen molar-refractivity contribution < 1.29 is 4.79 Å². The average molecular weight is 281 g/mol. The molecule has 19 heavy (non-hydrogen) atoms. The molecule has 0 heterocycles. The molecule has 0 bridgehead atoms. The first-order valence-corrected chi connectivity index (χ1v) is 7.80. The molecular formula is C14H23N3OS. The smallest absolute Gasteiger partial charge is 0.319 e. The van der Waals surface area contributed by atoms with Crippen LogP contribution in [-0.4, -0.2) is 31.1 Å². The Hall–Kier alpha value is -1.20. The number of amides is 2. The molecule has 5 heteroatoms. The van der Waals surface area contributed by atoms with Crippen molar-refractivity contribution in [3.05, 3.63) is 29.8 Å². The minimum Gasteiger partial charge on any atom is -0.335 e. The van der Waals surface area contributed by atoms with E-state index in [0.717, 1.165) is 11.4 Å². The summed E-state index contributed by atoms with van der Waals surface area (Å²) in [5.74, 6) is 0.909. The van der Waals surface area contributed by atoms with Gasteiger partial charge in [0, 0.05) is 23.5 Å². The second-order valence-corrected chi connectivity index (χ2v) is 5.50. The minimum absolute atomic E-state index is 0.157. The van der Waals surface area contributed by atoms with E-state index in [2.05, 4.69) is 22.9 Å². The van der Waals surface area contributed by atoms with Gasteiger partial charge >= 0.3 is 6.03 Å². The van der Waals surface area contributed by atoms with E-state index in [9.17, 15) is 4.79 Å². The standard InChI is InChI=1S/C14H23N3OS/c1-10(9-19-4)16-14(18)17-13-7-5-12(6-8-13)11(2)15-3/h5-8,10-11,15H,9H2,1-4H3,(H2,16,17,18). The van der Waals surface area contributed by atoms with E-state index >= 15 is 0 Å². The highest BCUT2D eigenvalue weighted by atomic mass is 32.2. The summed E-state index contributed by atoms with van der Waals surface area (Å²) in [6, 6.07) is 8.19. The zero-order chi connectivity index (χ0) is 14.3. The van der Waals surface area contributed by atoms with Crippen LogP contribution in [0.1, 0.15) is 25.5 Å². The first-order chi connectivity index (χ1) is 9.06. The fourth-order valence-electron chi connectivity index (χ4n) is 1.70. The quantitative estimate of drug-likeness (QED) is 0.751. The molecule has 3 N–H and O–H groups in total. The maximum absolute atomic E-state index is 11.7. The molecule has 4 nitrogen and oxygen atoms in total. The van der Waals surface area contributed by atoms with Crippen LogP contribution in [0.4, 0.5) is 10.5 Å². The van der Waals surface area contributed by atoms with Crippen LogP contribution in [0.5, 0.6) is 0 Å². The number of hydrogen-bond acceptors (Lipinski definition) is 3. The van der Waals surface area contributed by atoms with Crippen molar-refractivity contribution in [1.82, 2.24) is 10.6 Å². The van der Waals surface area contributed by atoms with E-state index in [-0.39, 0.29) is 12.1 Å². The van der Waals surface area contributed by atoms with Gasteiger partial charge in [0.2, 0.25) is 0 Å². The van der Waals surface area contributed by atoms with Gasteiger partial charge in [-0.05, 0) is 44.8 Å². The van der Waals surface area contributed by atoms with Crippen molar-refractivity contribution in [1.29, 1.82) is 0 Å². The van der Waals surface area contributed by atoms with Gasteiger partial charge in [-0.15, -0.1) is 0 Å². The Bertz CT molecular complexity index is 394. The Balaban J connectivity index is 2.51. The van der Waals surface area contributed by atoms with E-state index in [4.69, 9.17) is 0 Å². The summed E-state index contributed by atoms with van der Waals surface area (Å²) in [7, 11) is 1.93. The lowest BCUT2D eigenvalue weighted by Crippen LogP contribution is -2.37. The van der Waals surface area contributed by atoms with Crippen LogP contribution in [0.25, 0.3) is 0 Å². The Morgan fingerprint density at radius 2 is 1.89 bits per heavy atom. The molecule has 0 spiro atoms. The summed E-state index contributed by atoms with van der Waals surface area (Å²) in [4.78, 5) is 11.7. The highest BCUT2D eigenvalue weighted by Crippen LogP contribution is 2.15. The number of thioether (sulfide) groups is 1. The third-order valence-corrected chi connectivity index (χ3v) is 3.73. The number of benzene rings is 1. The topological polar surface area (TPSA) is 53.2 Å². The van der Waals surface area contributed by atoms with E-state index in [1.54, 1.807) is 11.8 Å². The molecule has 0 aromatic heterocycles. The molecule has 0 aliphatic carbocycles. The van der Waals surface area contributed by atoms with Gasteiger partial charge in [0.15, 0.2) is 0 Å². The Morgan fingerprint density at radius 3 is 2.42 bits per heavy atom. The van der Waals surface area contributed by atoms with Crippen LogP contribution in [0.2, 0.25) is 0 Å². The molecule has 0 fully saturated rings. The normalized spacial score (nSPS) is 13.7. The number of hydrogen-bond donors (Lipinski definition) is 3. The highest BCUT2D eigenvalue weighted by Gasteiger charge is 2.07. The maximum atomic E-state index is 11.7. The predicted octanol–water partition coefficient (Wildman–Crippen LogP) is 2.84. The van der Waals surface area contributed by atoms with Gasteiger partial charge in [-0.1, -0.05) is 12.1 Å². The number of carbonyl (C=O) groups excluding carboxylic acids is 1. The molecule has 106 valence electrons. The van der Waals surface area contributed by atoms with Crippen molar-refractivity contribution in [3.8, 4) is 0 Å². The molecule has 1 aromatic rings. The summed E-state index contributed by atoms with van der Waals surface area (Å²) in [6.45, 7) is 4.09. The molecule has 2 atom stereocenters. The van der Waals surface area contributed by atoms with Gasteiger partial charge < -0.3 is 16.0 Å². The molecule has 0 radical (unpaired) electrons. The molecule has 0 saturated heterocycles. The number of anilines is 1. The van der Waals surface area contributed by atoms with Crippen molar-refractivity contribution in [2.75, 3.05) is 24.4 Å². The third-order valence-electron chi connectivity index (χ3n) is 2.90. The second kappa shape index (κ2) is 8.07. The van der Waals surface area contributed by atoms with Crippen molar-refractivity contribution >= 4 is 23.5 Å². The van der Waals surface area contributed by atoms with Gasteiger partial charge in [0.25, 0.3) is 0 Å². The molecule has 2 amide bonds. The molecule has 0 aliphatic heterocycles. The monoisotopic (exact) mass is 281 g/mol. The minimum atomic E-state index is -0.157. The first kappa shape index (κ1) is 15.9. The number of urea groups is 1. The predicted molar refractivity (Wildman–Crippen MR) is 83.9 cm³/mol. The van der Waals surface area contributed by atoms with Crippen LogP contribution < -0.4 is 16.0 Å². The Kier molecular flexibility index (Phi) is 6.73. The number of nitrogens with one attached hydrogen (secondary N) is 3. The first-order valence-electron chi connectivity index (χ1n) is 6.40. The number of carbonyl (C=O) groups is 1. The van der Waals surface area contributed by atoms with Crippen molar-refractivity contribution in [2.24, 2.45) is 0 Å². The maximum Gasteiger partial charge on any atom is 0.319 e. The third kappa shape index (κ3) is 5.53. The lowest BCUT2D eigenvalue weighted by molar-refractivity contribution is 0.250. The molecule has 0 aliphatic rings. The largest absolute Gasteiger partial charge is 0.335 e. The van der Waals surface area contributed by atoms with E-state index in [1.807, 2.05) is 44.5 Å². The van der Waals surface area contributed by atoms with Gasteiger partial charge in [0.05, 0.1) is 0 Å². The van der Waals surface area contributed by atoms with Gasteiger partial charge in [0.1, 0.15) is 0 Å². The lowest BCUT2D eigenvalue weighted by atomic mass is 10.1. The fraction of sp³-hybridized carbons (Fsp3) is 0.500. The number of rotatable bonds is 6. The van der Waals surface area contributed by atoms with Crippen LogP contribution in [0.3, 0.4) is 0 Å². The lowest BCUT2D eigenvalue weighted by Gasteiger charge is -2.14. The van der Waals surface area contributed by atoms with Crippen molar-refractivity contribution in [2.45, 2.75) is 25.9 Å². The average Bonchev–Trinajstić information content (AvgIpc) is 2.38. The Morgan fingerprint density at radius 1 is 1.26 bits per heavy atom. The molecule has 2 unspecified atom stereocenters. The SMILES string of the molecule is CNC(C)c1ccc(NC(=O)NC(C)CSC)cc1. The summed E-state index contributed by atoms with van der Waals surface area (Å²) in [5, 5.41) is 8.91. The summed E-state index contributed by atoms with van der Waals surface area (Å²) in [5.41, 5.74) is 2.00.